The van der Waals surface area contributed by atoms with E-state index < -0.39 is 5.41 Å². The first-order valence-corrected chi connectivity index (χ1v) is 12.1. The van der Waals surface area contributed by atoms with Gasteiger partial charge in [-0.05, 0) is 66.8 Å². The van der Waals surface area contributed by atoms with Crippen LogP contribution in [0.1, 0.15) is 34.1 Å². The lowest BCUT2D eigenvalue weighted by Crippen LogP contribution is -2.35. The van der Waals surface area contributed by atoms with Crippen LogP contribution < -0.4 is 15.5 Å². The summed E-state index contributed by atoms with van der Waals surface area (Å²) >= 11 is 0. The number of amides is 2. The highest BCUT2D eigenvalue weighted by Crippen LogP contribution is 2.47. The molecule has 1 spiro atoms. The summed E-state index contributed by atoms with van der Waals surface area (Å²) in [5, 5.41) is 6.37. The van der Waals surface area contributed by atoms with Gasteiger partial charge in [0.05, 0.1) is 5.41 Å². The summed E-state index contributed by atoms with van der Waals surface area (Å²) in [4.78, 5) is 36.4. The van der Waals surface area contributed by atoms with Crippen LogP contribution in [0.3, 0.4) is 0 Å². The normalized spacial score (nSPS) is 17.4. The summed E-state index contributed by atoms with van der Waals surface area (Å²) in [6.45, 7) is 2.46. The van der Waals surface area contributed by atoms with Gasteiger partial charge >= 0.3 is 0 Å². The predicted molar refractivity (Wildman–Crippen MR) is 140 cm³/mol. The van der Waals surface area contributed by atoms with Crippen molar-refractivity contribution in [1.82, 2.24) is 9.97 Å². The van der Waals surface area contributed by atoms with Gasteiger partial charge in [0, 0.05) is 29.7 Å². The topological polar surface area (TPSA) is 87.2 Å². The van der Waals surface area contributed by atoms with Gasteiger partial charge in [-0.1, -0.05) is 42.5 Å². The van der Waals surface area contributed by atoms with Crippen molar-refractivity contribution in [2.24, 2.45) is 0 Å². The molecule has 1 unspecified atom stereocenters. The van der Waals surface area contributed by atoms with Crippen molar-refractivity contribution in [2.45, 2.75) is 25.2 Å². The van der Waals surface area contributed by atoms with Crippen LogP contribution in [0.25, 0.3) is 0 Å². The Hall–Kier alpha value is -4.52. The third-order valence-electron chi connectivity index (χ3n) is 7.10. The van der Waals surface area contributed by atoms with Gasteiger partial charge in [-0.2, -0.15) is 0 Å². The first-order valence-electron chi connectivity index (χ1n) is 12.1. The van der Waals surface area contributed by atoms with Gasteiger partial charge < -0.3 is 15.5 Å². The molecule has 1 atom stereocenters. The number of anilines is 4. The molecule has 1 aliphatic heterocycles. The van der Waals surface area contributed by atoms with Gasteiger partial charge in [0.25, 0.3) is 5.91 Å². The number of fused-ring (bicyclic) bond motifs is 3. The zero-order chi connectivity index (χ0) is 24.7. The number of nitrogens with one attached hydrogen (secondary N) is 2. The van der Waals surface area contributed by atoms with Crippen molar-refractivity contribution in [3.63, 3.8) is 0 Å². The lowest BCUT2D eigenvalue weighted by molar-refractivity contribution is -0.120. The van der Waals surface area contributed by atoms with Gasteiger partial charge in [0.2, 0.25) is 5.91 Å². The molecule has 0 bridgehead atoms. The second kappa shape index (κ2) is 8.61. The molecule has 0 radical (unpaired) electrons. The molecule has 1 aromatic heterocycles. The van der Waals surface area contributed by atoms with E-state index in [4.69, 9.17) is 0 Å². The Labute approximate surface area is 209 Å². The maximum atomic E-state index is 13.2. The summed E-state index contributed by atoms with van der Waals surface area (Å²) in [6.07, 6.45) is 2.73. The highest BCUT2D eigenvalue weighted by Gasteiger charge is 2.50. The number of para-hydroxylation sites is 2. The molecule has 2 amide bonds. The largest absolute Gasteiger partial charge is 0.340 e. The molecule has 0 saturated heterocycles. The first-order chi connectivity index (χ1) is 17.6. The summed E-state index contributed by atoms with van der Waals surface area (Å²) in [7, 11) is 0. The number of aromatic nitrogens is 2. The Balaban J connectivity index is 1.24. The fraction of sp³-hybridized carbons (Fsp3) is 0.172. The zero-order valence-corrected chi connectivity index (χ0v) is 19.9. The highest BCUT2D eigenvalue weighted by molar-refractivity contribution is 6.07. The molecule has 36 heavy (non-hydrogen) atoms. The van der Waals surface area contributed by atoms with E-state index in [1.54, 1.807) is 11.0 Å². The summed E-state index contributed by atoms with van der Waals surface area (Å²) in [5.41, 5.74) is 5.73. The molecule has 0 fully saturated rings. The SMILES string of the molecule is CCN(C(=O)c1cc(Nc2ccc3c(c2)CC2(C3)C(=O)Nc3ccccc32)ncn1)c1ccccc1. The average Bonchev–Trinajstić information content (AvgIpc) is 3.42. The zero-order valence-electron chi connectivity index (χ0n) is 19.9. The molecule has 2 heterocycles. The number of carbonyl (C=O) groups is 2. The van der Waals surface area contributed by atoms with Crippen LogP contribution in [-0.4, -0.2) is 28.3 Å². The number of hydrogen-bond acceptors (Lipinski definition) is 5. The minimum atomic E-state index is -0.549. The third-order valence-corrected chi connectivity index (χ3v) is 7.10. The van der Waals surface area contributed by atoms with Crippen molar-refractivity contribution in [2.75, 3.05) is 22.1 Å². The second-order valence-electron chi connectivity index (χ2n) is 9.22. The molecule has 2 aliphatic rings. The van der Waals surface area contributed by atoms with E-state index in [2.05, 4.69) is 32.7 Å². The fourth-order valence-corrected chi connectivity index (χ4v) is 5.36. The lowest BCUT2D eigenvalue weighted by atomic mass is 9.79. The van der Waals surface area contributed by atoms with Crippen molar-refractivity contribution in [1.29, 1.82) is 0 Å². The van der Waals surface area contributed by atoms with Crippen LogP contribution in [0.4, 0.5) is 22.9 Å². The van der Waals surface area contributed by atoms with Crippen LogP contribution >= 0.6 is 0 Å². The molecule has 3 aromatic carbocycles. The molecule has 6 rings (SSSR count). The van der Waals surface area contributed by atoms with Crippen molar-refractivity contribution in [3.8, 4) is 0 Å². The van der Waals surface area contributed by atoms with Gasteiger partial charge in [0.1, 0.15) is 17.8 Å². The van der Waals surface area contributed by atoms with Crippen LogP contribution in [0.15, 0.2) is 85.2 Å². The Morgan fingerprint density at radius 2 is 1.75 bits per heavy atom. The molecule has 7 nitrogen and oxygen atoms in total. The maximum absolute atomic E-state index is 13.2. The maximum Gasteiger partial charge on any atom is 0.277 e. The predicted octanol–water partition coefficient (Wildman–Crippen LogP) is 4.88. The van der Waals surface area contributed by atoms with Gasteiger partial charge in [-0.25, -0.2) is 9.97 Å². The van der Waals surface area contributed by atoms with Crippen LogP contribution in [0, 0.1) is 0 Å². The Kier molecular flexibility index (Phi) is 5.25. The van der Waals surface area contributed by atoms with E-state index in [0.717, 1.165) is 28.2 Å². The second-order valence-corrected chi connectivity index (χ2v) is 9.22. The van der Waals surface area contributed by atoms with Crippen molar-refractivity contribution >= 4 is 34.7 Å². The minimum Gasteiger partial charge on any atom is -0.340 e. The highest BCUT2D eigenvalue weighted by atomic mass is 16.2. The van der Waals surface area contributed by atoms with E-state index >= 15 is 0 Å². The molecule has 2 N–H and O–H groups in total. The van der Waals surface area contributed by atoms with Gasteiger partial charge in [-0.3, -0.25) is 9.59 Å². The first kappa shape index (κ1) is 22.0. The Bertz CT molecular complexity index is 1490. The number of hydrogen-bond donors (Lipinski definition) is 2. The lowest BCUT2D eigenvalue weighted by Gasteiger charge is -2.20. The smallest absolute Gasteiger partial charge is 0.277 e. The van der Waals surface area contributed by atoms with E-state index in [9.17, 15) is 9.59 Å². The van der Waals surface area contributed by atoms with E-state index in [1.165, 1.54) is 11.9 Å². The standard InChI is InChI=1S/C29H25N5O2/c1-2-34(22-8-4-3-5-9-22)27(35)25-15-26(31-18-30-25)32-21-13-12-19-16-29(17-20(19)14-21)23-10-6-7-11-24(23)33-28(29)36/h3-15,18H,2,16-17H2,1H3,(H,33,36)(H,30,31,32). The van der Waals surface area contributed by atoms with E-state index in [1.807, 2.05) is 67.6 Å². The Morgan fingerprint density at radius 3 is 2.58 bits per heavy atom. The number of rotatable bonds is 5. The number of carbonyl (C=O) groups excluding carboxylic acids is 2. The number of benzene rings is 3. The summed E-state index contributed by atoms with van der Waals surface area (Å²) in [5.74, 6) is 0.414. The molecule has 0 saturated carbocycles. The molecular weight excluding hydrogens is 450 g/mol. The average molecular weight is 476 g/mol. The fourth-order valence-electron chi connectivity index (χ4n) is 5.36. The van der Waals surface area contributed by atoms with Gasteiger partial charge in [0.15, 0.2) is 0 Å². The van der Waals surface area contributed by atoms with E-state index in [-0.39, 0.29) is 11.8 Å². The molecule has 7 heteroatoms. The number of nitrogens with zero attached hydrogens (tertiary/aromatic N) is 3. The molecular formula is C29H25N5O2. The van der Waals surface area contributed by atoms with E-state index in [0.29, 0.717) is 30.9 Å². The van der Waals surface area contributed by atoms with Crippen LogP contribution in [0.2, 0.25) is 0 Å². The minimum absolute atomic E-state index is 0.0623. The van der Waals surface area contributed by atoms with Crippen LogP contribution in [-0.2, 0) is 23.1 Å². The van der Waals surface area contributed by atoms with Crippen LogP contribution in [0.5, 0.6) is 0 Å². The third kappa shape index (κ3) is 3.60. The van der Waals surface area contributed by atoms with Gasteiger partial charge in [-0.15, -0.1) is 0 Å². The summed E-state index contributed by atoms with van der Waals surface area (Å²) in [6, 6.07) is 25.3. The monoisotopic (exact) mass is 475 g/mol. The molecule has 178 valence electrons. The van der Waals surface area contributed by atoms with Crippen molar-refractivity contribution < 1.29 is 9.59 Å². The molecule has 4 aromatic rings. The quantitative estimate of drug-likeness (QED) is 0.430. The summed E-state index contributed by atoms with van der Waals surface area (Å²) < 4.78 is 0. The molecule has 1 aliphatic carbocycles. The van der Waals surface area contributed by atoms with Crippen molar-refractivity contribution in [3.05, 3.63) is 108 Å². The Morgan fingerprint density at radius 1 is 0.972 bits per heavy atom.